The predicted octanol–water partition coefficient (Wildman–Crippen LogP) is 2.06. The monoisotopic (exact) mass is 230 g/mol. The minimum atomic E-state index is 0.617. The van der Waals surface area contributed by atoms with Crippen molar-refractivity contribution >= 4 is 5.82 Å². The Labute approximate surface area is 102 Å². The van der Waals surface area contributed by atoms with E-state index in [0.29, 0.717) is 12.1 Å². The molecule has 4 heteroatoms. The lowest BCUT2D eigenvalue weighted by Crippen LogP contribution is -2.43. The van der Waals surface area contributed by atoms with Gasteiger partial charge in [0.25, 0.3) is 0 Å². The lowest BCUT2D eigenvalue weighted by molar-refractivity contribution is 0.358. The van der Waals surface area contributed by atoms with Crippen molar-refractivity contribution < 1.29 is 0 Å². The van der Waals surface area contributed by atoms with E-state index < -0.39 is 0 Å². The van der Waals surface area contributed by atoms with Gasteiger partial charge in [-0.3, -0.25) is 4.68 Å². The van der Waals surface area contributed by atoms with Crippen molar-refractivity contribution in [2.75, 3.05) is 4.90 Å². The molecule has 2 atom stereocenters. The summed E-state index contributed by atoms with van der Waals surface area (Å²) in [6, 6.07) is 3.50. The normalized spacial score (nSPS) is 31.6. The number of anilines is 1. The SMILES string of the molecule is CC1CC2CCC(C1)N2c1c(C#N)cnn1C. The first-order valence-electron chi connectivity index (χ1n) is 6.41. The van der Waals surface area contributed by atoms with Crippen LogP contribution in [-0.2, 0) is 7.05 Å². The highest BCUT2D eigenvalue weighted by Crippen LogP contribution is 2.42. The third kappa shape index (κ3) is 1.53. The van der Waals surface area contributed by atoms with Gasteiger partial charge in [-0.1, -0.05) is 6.92 Å². The standard InChI is InChI=1S/C13H18N4/c1-9-5-11-3-4-12(6-9)17(11)13-10(7-14)8-15-16(13)2/h8-9,11-12H,3-6H2,1-2H3. The third-order valence-corrected chi connectivity index (χ3v) is 4.24. The molecule has 3 rings (SSSR count). The first-order valence-corrected chi connectivity index (χ1v) is 6.41. The molecule has 3 heterocycles. The number of nitriles is 1. The summed E-state index contributed by atoms with van der Waals surface area (Å²) in [6.07, 6.45) is 6.74. The molecular formula is C13H18N4. The fraction of sp³-hybridized carbons (Fsp3) is 0.692. The second-order valence-electron chi connectivity index (χ2n) is 5.49. The van der Waals surface area contributed by atoms with Crippen LogP contribution in [-0.4, -0.2) is 21.9 Å². The molecule has 0 N–H and O–H groups in total. The van der Waals surface area contributed by atoms with E-state index in [0.717, 1.165) is 17.3 Å². The number of nitrogens with zero attached hydrogens (tertiary/aromatic N) is 4. The number of piperidine rings is 1. The number of hydrogen-bond donors (Lipinski definition) is 0. The van der Waals surface area contributed by atoms with Crippen molar-refractivity contribution in [2.45, 2.75) is 44.7 Å². The Kier molecular flexibility index (Phi) is 2.36. The van der Waals surface area contributed by atoms with E-state index in [-0.39, 0.29) is 0 Å². The maximum absolute atomic E-state index is 9.18. The van der Waals surface area contributed by atoms with Gasteiger partial charge in [-0.25, -0.2) is 0 Å². The average molecular weight is 230 g/mol. The predicted molar refractivity (Wildman–Crippen MR) is 65.6 cm³/mol. The van der Waals surface area contributed by atoms with Gasteiger partial charge in [-0.2, -0.15) is 10.4 Å². The minimum absolute atomic E-state index is 0.617. The summed E-state index contributed by atoms with van der Waals surface area (Å²) in [7, 11) is 1.94. The molecule has 4 nitrogen and oxygen atoms in total. The fourth-order valence-electron chi connectivity index (χ4n) is 3.61. The molecule has 2 aliphatic heterocycles. The van der Waals surface area contributed by atoms with Crippen molar-refractivity contribution in [1.82, 2.24) is 9.78 Å². The van der Waals surface area contributed by atoms with E-state index in [2.05, 4.69) is 23.0 Å². The molecule has 2 saturated heterocycles. The van der Waals surface area contributed by atoms with Crippen molar-refractivity contribution in [3.05, 3.63) is 11.8 Å². The summed E-state index contributed by atoms with van der Waals surface area (Å²) in [5, 5.41) is 13.4. The van der Waals surface area contributed by atoms with Gasteiger partial charge in [-0.05, 0) is 31.6 Å². The van der Waals surface area contributed by atoms with Gasteiger partial charge in [0.05, 0.1) is 6.20 Å². The average Bonchev–Trinajstić information content (AvgIpc) is 2.77. The van der Waals surface area contributed by atoms with Gasteiger partial charge in [0.1, 0.15) is 17.5 Å². The van der Waals surface area contributed by atoms with Crippen LogP contribution >= 0.6 is 0 Å². The van der Waals surface area contributed by atoms with Crippen molar-refractivity contribution in [3.63, 3.8) is 0 Å². The molecule has 1 aromatic rings. The van der Waals surface area contributed by atoms with Crippen molar-refractivity contribution in [2.24, 2.45) is 13.0 Å². The molecule has 0 radical (unpaired) electrons. The van der Waals surface area contributed by atoms with Gasteiger partial charge < -0.3 is 4.90 Å². The summed E-state index contributed by atoms with van der Waals surface area (Å²) >= 11 is 0. The molecule has 0 aromatic carbocycles. The lowest BCUT2D eigenvalue weighted by atomic mass is 9.92. The second-order valence-corrected chi connectivity index (χ2v) is 5.49. The van der Waals surface area contributed by atoms with Crippen molar-refractivity contribution in [1.29, 1.82) is 5.26 Å². The molecule has 2 unspecified atom stereocenters. The zero-order chi connectivity index (χ0) is 12.0. The number of aromatic nitrogens is 2. The zero-order valence-electron chi connectivity index (χ0n) is 10.4. The Morgan fingerprint density at radius 3 is 2.59 bits per heavy atom. The molecule has 0 saturated carbocycles. The van der Waals surface area contributed by atoms with Crippen LogP contribution in [0, 0.1) is 17.2 Å². The first kappa shape index (κ1) is 10.6. The summed E-state index contributed by atoms with van der Waals surface area (Å²) < 4.78 is 1.86. The number of rotatable bonds is 1. The Balaban J connectivity index is 2.00. The Bertz CT molecular complexity index is 456. The zero-order valence-corrected chi connectivity index (χ0v) is 10.4. The van der Waals surface area contributed by atoms with E-state index >= 15 is 0 Å². The quantitative estimate of drug-likeness (QED) is 0.741. The number of hydrogen-bond acceptors (Lipinski definition) is 3. The molecular weight excluding hydrogens is 212 g/mol. The molecule has 0 spiro atoms. The van der Waals surface area contributed by atoms with Crippen LogP contribution in [0.25, 0.3) is 0 Å². The third-order valence-electron chi connectivity index (χ3n) is 4.24. The maximum atomic E-state index is 9.18. The molecule has 17 heavy (non-hydrogen) atoms. The molecule has 0 aliphatic carbocycles. The van der Waals surface area contributed by atoms with E-state index in [4.69, 9.17) is 0 Å². The van der Waals surface area contributed by atoms with Gasteiger partial charge in [0.2, 0.25) is 0 Å². The Morgan fingerprint density at radius 1 is 1.35 bits per heavy atom. The summed E-state index contributed by atoms with van der Waals surface area (Å²) in [6.45, 7) is 2.34. The van der Waals surface area contributed by atoms with Crippen LogP contribution in [0.4, 0.5) is 5.82 Å². The smallest absolute Gasteiger partial charge is 0.145 e. The molecule has 2 aliphatic rings. The summed E-state index contributed by atoms with van der Waals surface area (Å²) in [5.41, 5.74) is 0.721. The van der Waals surface area contributed by atoms with Crippen molar-refractivity contribution in [3.8, 4) is 6.07 Å². The van der Waals surface area contributed by atoms with Gasteiger partial charge >= 0.3 is 0 Å². The van der Waals surface area contributed by atoms with Crippen LogP contribution in [0.3, 0.4) is 0 Å². The van der Waals surface area contributed by atoms with E-state index in [1.54, 1.807) is 6.20 Å². The Morgan fingerprint density at radius 2 is 2.00 bits per heavy atom. The van der Waals surface area contributed by atoms with Gasteiger partial charge in [-0.15, -0.1) is 0 Å². The van der Waals surface area contributed by atoms with Crippen LogP contribution in [0.1, 0.15) is 38.2 Å². The minimum Gasteiger partial charge on any atom is -0.350 e. The fourth-order valence-corrected chi connectivity index (χ4v) is 3.61. The van der Waals surface area contributed by atoms with Crippen LogP contribution in [0.15, 0.2) is 6.20 Å². The van der Waals surface area contributed by atoms with E-state index in [1.807, 2.05) is 11.7 Å². The van der Waals surface area contributed by atoms with Gasteiger partial charge in [0, 0.05) is 19.1 Å². The summed E-state index contributed by atoms with van der Waals surface area (Å²) in [4.78, 5) is 2.46. The number of aryl methyl sites for hydroxylation is 1. The first-order chi connectivity index (χ1) is 8.20. The highest BCUT2D eigenvalue weighted by Gasteiger charge is 2.41. The highest BCUT2D eigenvalue weighted by molar-refractivity contribution is 5.56. The lowest BCUT2D eigenvalue weighted by Gasteiger charge is -2.39. The largest absolute Gasteiger partial charge is 0.350 e. The molecule has 0 amide bonds. The molecule has 1 aromatic heterocycles. The molecule has 90 valence electrons. The van der Waals surface area contributed by atoms with Crippen LogP contribution in [0.2, 0.25) is 0 Å². The molecule has 2 fully saturated rings. The maximum Gasteiger partial charge on any atom is 0.145 e. The Hall–Kier alpha value is -1.50. The summed E-state index contributed by atoms with van der Waals surface area (Å²) in [5.74, 6) is 1.86. The topological polar surface area (TPSA) is 44.9 Å². The number of fused-ring (bicyclic) bond motifs is 2. The second kappa shape index (κ2) is 3.76. The van der Waals surface area contributed by atoms with Gasteiger partial charge in [0.15, 0.2) is 0 Å². The highest BCUT2D eigenvalue weighted by atomic mass is 15.4. The van der Waals surface area contributed by atoms with Crippen LogP contribution < -0.4 is 4.90 Å². The van der Waals surface area contributed by atoms with E-state index in [1.165, 1.54) is 25.7 Å². The van der Waals surface area contributed by atoms with E-state index in [9.17, 15) is 5.26 Å². The molecule has 2 bridgehead atoms. The van der Waals surface area contributed by atoms with Crippen LogP contribution in [0.5, 0.6) is 0 Å².